The second kappa shape index (κ2) is 6.72. The van der Waals surface area contributed by atoms with E-state index in [1.807, 2.05) is 0 Å². The molecule has 102 valence electrons. The lowest BCUT2D eigenvalue weighted by molar-refractivity contribution is 0.243. The highest BCUT2D eigenvalue weighted by molar-refractivity contribution is 7.07. The normalized spacial score (nSPS) is 26.4. The van der Waals surface area contributed by atoms with Crippen LogP contribution in [0.3, 0.4) is 0 Å². The first-order valence-corrected chi connectivity index (χ1v) is 8.37. The summed E-state index contributed by atoms with van der Waals surface area (Å²) in [4.78, 5) is 0. The van der Waals surface area contributed by atoms with Gasteiger partial charge < -0.3 is 5.32 Å². The molecule has 0 radical (unpaired) electrons. The van der Waals surface area contributed by atoms with Gasteiger partial charge in [0.1, 0.15) is 0 Å². The summed E-state index contributed by atoms with van der Waals surface area (Å²) < 4.78 is 0. The minimum absolute atomic E-state index is 0.513. The first-order chi connectivity index (χ1) is 8.65. The zero-order valence-corrected chi connectivity index (χ0v) is 12.8. The van der Waals surface area contributed by atoms with Crippen molar-refractivity contribution in [2.24, 2.45) is 11.8 Å². The lowest BCUT2D eigenvalue weighted by atomic mass is 9.81. The Balaban J connectivity index is 1.82. The van der Waals surface area contributed by atoms with Crippen LogP contribution in [0.4, 0.5) is 0 Å². The summed E-state index contributed by atoms with van der Waals surface area (Å²) in [5.41, 5.74) is 1.45. The molecule has 1 aliphatic carbocycles. The SMILES string of the molecule is CC(C)CC1CCCC(NC(C)c2ccsc2)C1. The van der Waals surface area contributed by atoms with Crippen molar-refractivity contribution in [3.05, 3.63) is 22.4 Å². The summed E-state index contributed by atoms with van der Waals surface area (Å²) in [5, 5.41) is 8.28. The minimum atomic E-state index is 0.513. The molecule has 0 aliphatic heterocycles. The van der Waals surface area contributed by atoms with E-state index in [1.54, 1.807) is 11.3 Å². The van der Waals surface area contributed by atoms with Crippen LogP contribution in [0.5, 0.6) is 0 Å². The van der Waals surface area contributed by atoms with Gasteiger partial charge in [-0.15, -0.1) is 0 Å². The third kappa shape index (κ3) is 4.10. The highest BCUT2D eigenvalue weighted by atomic mass is 32.1. The van der Waals surface area contributed by atoms with Gasteiger partial charge >= 0.3 is 0 Å². The lowest BCUT2D eigenvalue weighted by Crippen LogP contribution is -2.36. The highest BCUT2D eigenvalue weighted by Gasteiger charge is 2.23. The molecule has 1 saturated carbocycles. The number of hydrogen-bond acceptors (Lipinski definition) is 2. The smallest absolute Gasteiger partial charge is 0.0302 e. The van der Waals surface area contributed by atoms with Crippen molar-refractivity contribution in [1.82, 2.24) is 5.32 Å². The molecule has 1 aromatic rings. The molecule has 3 unspecified atom stereocenters. The highest BCUT2D eigenvalue weighted by Crippen LogP contribution is 2.30. The Morgan fingerprint density at radius 1 is 1.33 bits per heavy atom. The van der Waals surface area contributed by atoms with Crippen molar-refractivity contribution in [2.75, 3.05) is 0 Å². The molecule has 1 fully saturated rings. The molecule has 0 bridgehead atoms. The van der Waals surface area contributed by atoms with E-state index in [9.17, 15) is 0 Å². The van der Waals surface area contributed by atoms with Crippen LogP contribution in [0.25, 0.3) is 0 Å². The number of thiophene rings is 1. The molecule has 1 aromatic heterocycles. The van der Waals surface area contributed by atoms with Gasteiger partial charge in [-0.1, -0.05) is 26.7 Å². The summed E-state index contributed by atoms with van der Waals surface area (Å²) >= 11 is 1.80. The van der Waals surface area contributed by atoms with Gasteiger partial charge in [-0.2, -0.15) is 11.3 Å². The quantitative estimate of drug-likeness (QED) is 0.789. The Kier molecular flexibility index (Phi) is 5.25. The Bertz CT molecular complexity index is 331. The van der Waals surface area contributed by atoms with Crippen LogP contribution in [0, 0.1) is 11.8 Å². The Hall–Kier alpha value is -0.340. The summed E-state index contributed by atoms with van der Waals surface area (Å²) in [6.45, 7) is 7.00. The summed E-state index contributed by atoms with van der Waals surface area (Å²) in [5.74, 6) is 1.80. The molecule has 1 aliphatic rings. The van der Waals surface area contributed by atoms with Gasteiger partial charge in [-0.25, -0.2) is 0 Å². The van der Waals surface area contributed by atoms with Gasteiger partial charge in [0.25, 0.3) is 0 Å². The Morgan fingerprint density at radius 3 is 2.83 bits per heavy atom. The van der Waals surface area contributed by atoms with Gasteiger partial charge in [0.15, 0.2) is 0 Å². The molecule has 2 rings (SSSR count). The topological polar surface area (TPSA) is 12.0 Å². The molecule has 0 spiro atoms. The second-order valence-corrected chi connectivity index (χ2v) is 7.08. The largest absolute Gasteiger partial charge is 0.307 e. The molecule has 18 heavy (non-hydrogen) atoms. The molecule has 1 nitrogen and oxygen atoms in total. The zero-order chi connectivity index (χ0) is 13.0. The van der Waals surface area contributed by atoms with E-state index in [1.165, 1.54) is 37.7 Å². The lowest BCUT2D eigenvalue weighted by Gasteiger charge is -2.32. The van der Waals surface area contributed by atoms with E-state index in [0.29, 0.717) is 6.04 Å². The molecule has 0 saturated heterocycles. The van der Waals surface area contributed by atoms with Gasteiger partial charge in [0, 0.05) is 12.1 Å². The van der Waals surface area contributed by atoms with Gasteiger partial charge in [0.2, 0.25) is 0 Å². The summed E-state index contributed by atoms with van der Waals surface area (Å²) in [6, 6.07) is 3.49. The third-order valence-electron chi connectivity index (χ3n) is 4.12. The molecule has 3 atom stereocenters. The van der Waals surface area contributed by atoms with Crippen LogP contribution in [-0.2, 0) is 0 Å². The van der Waals surface area contributed by atoms with Gasteiger partial charge in [0.05, 0.1) is 0 Å². The van der Waals surface area contributed by atoms with E-state index in [0.717, 1.165) is 17.9 Å². The van der Waals surface area contributed by atoms with Crippen molar-refractivity contribution in [2.45, 2.75) is 65.0 Å². The van der Waals surface area contributed by atoms with Crippen LogP contribution in [0.15, 0.2) is 16.8 Å². The summed E-state index contributed by atoms with van der Waals surface area (Å²) in [6.07, 6.45) is 7.01. The number of nitrogens with one attached hydrogen (secondary N) is 1. The van der Waals surface area contributed by atoms with E-state index in [-0.39, 0.29) is 0 Å². The maximum Gasteiger partial charge on any atom is 0.0302 e. The van der Waals surface area contributed by atoms with Crippen LogP contribution in [0.2, 0.25) is 0 Å². The van der Waals surface area contributed by atoms with Crippen LogP contribution in [0.1, 0.15) is 64.5 Å². The fraction of sp³-hybridized carbons (Fsp3) is 0.750. The molecule has 1 N–H and O–H groups in total. The first-order valence-electron chi connectivity index (χ1n) is 7.43. The Morgan fingerprint density at radius 2 is 2.17 bits per heavy atom. The van der Waals surface area contributed by atoms with Crippen molar-refractivity contribution in [1.29, 1.82) is 0 Å². The van der Waals surface area contributed by atoms with Crippen molar-refractivity contribution in [3.63, 3.8) is 0 Å². The fourth-order valence-corrected chi connectivity index (χ4v) is 4.05. The second-order valence-electron chi connectivity index (χ2n) is 6.30. The Labute approximate surface area is 116 Å². The first kappa shape index (κ1) is 14.1. The molecule has 1 heterocycles. The molecule has 0 aromatic carbocycles. The third-order valence-corrected chi connectivity index (χ3v) is 4.82. The number of hydrogen-bond donors (Lipinski definition) is 1. The van der Waals surface area contributed by atoms with Crippen LogP contribution in [-0.4, -0.2) is 6.04 Å². The average molecular weight is 265 g/mol. The molecular formula is C16H27NS. The molecular weight excluding hydrogens is 238 g/mol. The summed E-state index contributed by atoms with van der Waals surface area (Å²) in [7, 11) is 0. The predicted octanol–water partition coefficient (Wildman–Crippen LogP) is 5.00. The van der Waals surface area contributed by atoms with E-state index >= 15 is 0 Å². The maximum atomic E-state index is 3.83. The monoisotopic (exact) mass is 265 g/mol. The van der Waals surface area contributed by atoms with Gasteiger partial charge in [-0.3, -0.25) is 0 Å². The van der Waals surface area contributed by atoms with E-state index in [2.05, 4.69) is 42.9 Å². The van der Waals surface area contributed by atoms with Crippen LogP contribution < -0.4 is 5.32 Å². The van der Waals surface area contributed by atoms with E-state index < -0.39 is 0 Å². The maximum absolute atomic E-state index is 3.83. The molecule has 2 heteroatoms. The van der Waals surface area contributed by atoms with Crippen molar-refractivity contribution < 1.29 is 0 Å². The average Bonchev–Trinajstić information content (AvgIpc) is 2.81. The minimum Gasteiger partial charge on any atom is -0.307 e. The standard InChI is InChI=1S/C16H27NS/c1-12(2)9-14-5-4-6-16(10-14)17-13(3)15-7-8-18-11-15/h7-8,11-14,16-17H,4-6,9-10H2,1-3H3. The van der Waals surface area contributed by atoms with E-state index in [4.69, 9.17) is 0 Å². The predicted molar refractivity (Wildman–Crippen MR) is 81.1 cm³/mol. The van der Waals surface area contributed by atoms with Crippen LogP contribution >= 0.6 is 11.3 Å². The van der Waals surface area contributed by atoms with Crippen molar-refractivity contribution in [3.8, 4) is 0 Å². The fourth-order valence-electron chi connectivity index (χ4n) is 3.29. The zero-order valence-electron chi connectivity index (χ0n) is 12.0. The van der Waals surface area contributed by atoms with Gasteiger partial charge in [-0.05, 0) is 60.4 Å². The molecule has 0 amide bonds. The van der Waals surface area contributed by atoms with Crippen molar-refractivity contribution >= 4 is 11.3 Å². The number of rotatable bonds is 5.